The quantitative estimate of drug-likeness (QED) is 0.335. The van der Waals surface area contributed by atoms with Crippen LogP contribution in [0.4, 0.5) is 4.39 Å². The van der Waals surface area contributed by atoms with Crippen LogP contribution in [0.15, 0.2) is 54.6 Å². The Labute approximate surface area is 205 Å². The highest BCUT2D eigenvalue weighted by Gasteiger charge is 2.42. The van der Waals surface area contributed by atoms with Crippen molar-refractivity contribution in [1.82, 2.24) is 15.1 Å². The summed E-state index contributed by atoms with van der Waals surface area (Å²) in [4.78, 5) is 15.2. The van der Waals surface area contributed by atoms with Crippen LogP contribution in [-0.4, -0.2) is 26.1 Å². The van der Waals surface area contributed by atoms with Gasteiger partial charge in [-0.15, -0.1) is 0 Å². The second-order valence-corrected chi connectivity index (χ2v) is 9.29. The maximum absolute atomic E-state index is 13.5. The van der Waals surface area contributed by atoms with E-state index in [1.54, 1.807) is 29.2 Å². The summed E-state index contributed by atoms with van der Waals surface area (Å²) in [6, 6.07) is 14.4. The fourth-order valence-electron chi connectivity index (χ4n) is 4.52. The van der Waals surface area contributed by atoms with Gasteiger partial charge in [-0.1, -0.05) is 47.5 Å². The van der Waals surface area contributed by atoms with Crippen molar-refractivity contribution in [2.75, 3.05) is 0 Å². The topological polar surface area (TPSA) is 69.2 Å². The van der Waals surface area contributed by atoms with Crippen molar-refractivity contribution in [3.63, 3.8) is 0 Å². The van der Waals surface area contributed by atoms with Gasteiger partial charge in [-0.3, -0.25) is 9.89 Å². The number of aromatic hydroxyl groups is 1. The van der Waals surface area contributed by atoms with E-state index in [9.17, 15) is 14.3 Å². The monoisotopic (exact) mass is 495 g/mol. The zero-order valence-corrected chi connectivity index (χ0v) is 19.9. The van der Waals surface area contributed by atoms with Crippen LogP contribution in [0.2, 0.25) is 10.0 Å². The largest absolute Gasteiger partial charge is 0.507 e. The van der Waals surface area contributed by atoms with Gasteiger partial charge in [0.2, 0.25) is 0 Å². The summed E-state index contributed by atoms with van der Waals surface area (Å²) in [6.45, 7) is 4.00. The Hall–Kier alpha value is -3.35. The Morgan fingerprint density at radius 1 is 1.06 bits per heavy atom. The summed E-state index contributed by atoms with van der Waals surface area (Å²) in [5.41, 5.74) is 5.20. The molecule has 172 valence electrons. The number of phenolic OH excluding ortho intramolecular Hbond substituents is 1. The van der Waals surface area contributed by atoms with Crippen LogP contribution in [0.1, 0.15) is 44.3 Å². The minimum absolute atomic E-state index is 0.109. The van der Waals surface area contributed by atoms with Gasteiger partial charge in [0.1, 0.15) is 23.0 Å². The number of nitrogens with one attached hydrogen (secondary N) is 1. The molecule has 1 aliphatic heterocycles. The first-order valence-electron chi connectivity index (χ1n) is 10.6. The molecule has 1 aliphatic rings. The first kappa shape index (κ1) is 22.4. The number of fused-ring (bicyclic) bond motifs is 1. The number of amides is 1. The third-order valence-corrected chi connectivity index (χ3v) is 6.83. The smallest absolute Gasteiger partial charge is 0.273 e. The number of aromatic amines is 1. The van der Waals surface area contributed by atoms with Crippen molar-refractivity contribution in [2.45, 2.75) is 26.4 Å². The lowest BCUT2D eigenvalue weighted by molar-refractivity contribution is 0.0730. The molecule has 0 aliphatic carbocycles. The van der Waals surface area contributed by atoms with E-state index in [4.69, 9.17) is 23.2 Å². The number of rotatable bonds is 4. The molecule has 5 nitrogen and oxygen atoms in total. The van der Waals surface area contributed by atoms with E-state index >= 15 is 0 Å². The Kier molecular flexibility index (Phi) is 5.58. The molecule has 0 radical (unpaired) electrons. The highest BCUT2D eigenvalue weighted by molar-refractivity contribution is 6.42. The Bertz CT molecular complexity index is 1430. The maximum Gasteiger partial charge on any atom is 0.273 e. The number of hydrogen-bond acceptors (Lipinski definition) is 3. The van der Waals surface area contributed by atoms with E-state index in [1.807, 2.05) is 32.0 Å². The third kappa shape index (κ3) is 3.73. The molecule has 1 aromatic heterocycles. The van der Waals surface area contributed by atoms with Gasteiger partial charge in [0.15, 0.2) is 0 Å². The zero-order chi connectivity index (χ0) is 24.1. The molecule has 0 fully saturated rings. The lowest BCUT2D eigenvalue weighted by Gasteiger charge is -2.27. The summed E-state index contributed by atoms with van der Waals surface area (Å²) >= 11 is 12.5. The molecular formula is C26H20Cl2FN3O2. The van der Waals surface area contributed by atoms with Crippen molar-refractivity contribution in [1.29, 1.82) is 0 Å². The van der Waals surface area contributed by atoms with Gasteiger partial charge in [0.05, 0.1) is 16.1 Å². The number of halogens is 3. The van der Waals surface area contributed by atoms with Gasteiger partial charge in [-0.2, -0.15) is 5.10 Å². The molecule has 3 aromatic carbocycles. The van der Waals surface area contributed by atoms with Crippen LogP contribution in [0.5, 0.6) is 5.75 Å². The summed E-state index contributed by atoms with van der Waals surface area (Å²) in [5, 5.41) is 18.9. The fraction of sp³-hybridized carbons (Fsp3) is 0.154. The fourth-order valence-corrected chi connectivity index (χ4v) is 4.83. The molecule has 8 heteroatoms. The Morgan fingerprint density at radius 3 is 2.50 bits per heavy atom. The predicted molar refractivity (Wildman–Crippen MR) is 130 cm³/mol. The molecule has 1 atom stereocenters. The standard InChI is InChI=1S/C26H20Cl2FN3O2/c1-13-9-14(2)25(33)18(10-13)22-21-23(31-30-22)26(34)32(12-15-3-6-17(29)7-4-15)24(21)16-5-8-19(27)20(28)11-16/h3-11,24,33H,12H2,1-2H3,(H,30,31). The van der Waals surface area contributed by atoms with E-state index in [0.29, 0.717) is 38.1 Å². The van der Waals surface area contributed by atoms with Crippen LogP contribution in [0.3, 0.4) is 0 Å². The van der Waals surface area contributed by atoms with Crippen molar-refractivity contribution in [3.05, 3.63) is 104 Å². The van der Waals surface area contributed by atoms with Crippen LogP contribution in [-0.2, 0) is 6.54 Å². The Balaban J connectivity index is 1.69. The molecule has 5 rings (SSSR count). The molecule has 4 aromatic rings. The molecule has 0 bridgehead atoms. The van der Waals surface area contributed by atoms with Gasteiger partial charge < -0.3 is 10.0 Å². The van der Waals surface area contributed by atoms with Crippen LogP contribution < -0.4 is 0 Å². The summed E-state index contributed by atoms with van der Waals surface area (Å²) < 4.78 is 13.5. The maximum atomic E-state index is 13.5. The number of aromatic nitrogens is 2. The first-order valence-corrected chi connectivity index (χ1v) is 11.4. The predicted octanol–water partition coefficient (Wildman–Crippen LogP) is 6.59. The number of hydrogen-bond donors (Lipinski definition) is 2. The van der Waals surface area contributed by atoms with Gasteiger partial charge in [-0.05, 0) is 66.4 Å². The molecule has 0 spiro atoms. The van der Waals surface area contributed by atoms with Crippen molar-refractivity contribution in [2.24, 2.45) is 0 Å². The van der Waals surface area contributed by atoms with E-state index in [0.717, 1.165) is 16.7 Å². The Morgan fingerprint density at radius 2 is 1.79 bits per heavy atom. The molecule has 0 saturated carbocycles. The van der Waals surface area contributed by atoms with Crippen LogP contribution in [0, 0.1) is 19.7 Å². The van der Waals surface area contributed by atoms with E-state index in [1.165, 1.54) is 12.1 Å². The molecule has 34 heavy (non-hydrogen) atoms. The number of carbonyl (C=O) groups excluding carboxylic acids is 1. The van der Waals surface area contributed by atoms with Gasteiger partial charge in [0, 0.05) is 17.7 Å². The number of nitrogens with zero attached hydrogens (tertiary/aromatic N) is 2. The summed E-state index contributed by atoms with van der Waals surface area (Å²) in [7, 11) is 0. The highest BCUT2D eigenvalue weighted by atomic mass is 35.5. The molecule has 1 unspecified atom stereocenters. The minimum atomic E-state index is -0.545. The number of carbonyl (C=O) groups is 1. The SMILES string of the molecule is Cc1cc(C)c(O)c(-c2n[nH]c3c2C(c2ccc(Cl)c(Cl)c2)N(Cc2ccc(F)cc2)C3=O)c1. The minimum Gasteiger partial charge on any atom is -0.507 e. The zero-order valence-electron chi connectivity index (χ0n) is 18.4. The molecule has 2 heterocycles. The summed E-state index contributed by atoms with van der Waals surface area (Å²) in [6.07, 6.45) is 0. The van der Waals surface area contributed by atoms with Crippen molar-refractivity contribution >= 4 is 29.1 Å². The van der Waals surface area contributed by atoms with Gasteiger partial charge >= 0.3 is 0 Å². The molecular weight excluding hydrogens is 476 g/mol. The highest BCUT2D eigenvalue weighted by Crippen LogP contribution is 2.46. The van der Waals surface area contributed by atoms with E-state index in [2.05, 4.69) is 10.2 Å². The second-order valence-electron chi connectivity index (χ2n) is 8.47. The lowest BCUT2D eigenvalue weighted by atomic mass is 9.94. The number of benzene rings is 3. The van der Waals surface area contributed by atoms with Gasteiger partial charge in [0.25, 0.3) is 5.91 Å². The van der Waals surface area contributed by atoms with Crippen LogP contribution in [0.25, 0.3) is 11.3 Å². The number of aryl methyl sites for hydroxylation is 2. The van der Waals surface area contributed by atoms with E-state index in [-0.39, 0.29) is 24.0 Å². The second kappa shape index (κ2) is 8.46. The first-order chi connectivity index (χ1) is 16.2. The van der Waals surface area contributed by atoms with E-state index < -0.39 is 6.04 Å². The number of phenols is 1. The molecule has 1 amide bonds. The average molecular weight is 496 g/mol. The van der Waals surface area contributed by atoms with Crippen molar-refractivity contribution < 1.29 is 14.3 Å². The summed E-state index contributed by atoms with van der Waals surface area (Å²) in [5.74, 6) is -0.491. The normalized spacial score (nSPS) is 15.1. The third-order valence-electron chi connectivity index (χ3n) is 6.09. The average Bonchev–Trinajstić information content (AvgIpc) is 3.34. The molecule has 0 saturated heterocycles. The molecule has 2 N–H and O–H groups in total. The van der Waals surface area contributed by atoms with Crippen molar-refractivity contribution in [3.8, 4) is 17.0 Å². The number of H-pyrrole nitrogens is 1. The van der Waals surface area contributed by atoms with Gasteiger partial charge in [-0.25, -0.2) is 4.39 Å². The lowest BCUT2D eigenvalue weighted by Crippen LogP contribution is -2.29. The van der Waals surface area contributed by atoms with Crippen LogP contribution >= 0.6 is 23.2 Å².